The zero-order valence-corrected chi connectivity index (χ0v) is 12.8. The van der Waals surface area contributed by atoms with Gasteiger partial charge in [0.25, 0.3) is 0 Å². The van der Waals surface area contributed by atoms with Crippen LogP contribution in [0.2, 0.25) is 0 Å². The van der Waals surface area contributed by atoms with Crippen LogP contribution < -0.4 is 5.32 Å². The molecule has 0 spiro atoms. The molecule has 1 rings (SSSR count). The van der Waals surface area contributed by atoms with Crippen LogP contribution in [0.5, 0.6) is 0 Å². The summed E-state index contributed by atoms with van der Waals surface area (Å²) in [4.78, 5) is 0.380. The summed E-state index contributed by atoms with van der Waals surface area (Å²) in [5, 5.41) is 3.04. The molecule has 0 radical (unpaired) electrons. The van der Waals surface area contributed by atoms with Gasteiger partial charge in [-0.05, 0) is 31.2 Å². The summed E-state index contributed by atoms with van der Waals surface area (Å²) in [6.07, 6.45) is 1.89. The van der Waals surface area contributed by atoms with Crippen LogP contribution in [0.15, 0.2) is 29.2 Å². The molecule has 1 N–H and O–H groups in total. The third-order valence-electron chi connectivity index (χ3n) is 3.06. The third kappa shape index (κ3) is 4.30. The molecule has 0 fully saturated rings. The van der Waals surface area contributed by atoms with Crippen molar-refractivity contribution in [3.63, 3.8) is 0 Å². The van der Waals surface area contributed by atoms with Gasteiger partial charge in [0.1, 0.15) is 0 Å². The Morgan fingerprint density at radius 3 is 2.26 bits per heavy atom. The minimum atomic E-state index is -3.34. The minimum absolute atomic E-state index is 0.380. The van der Waals surface area contributed by atoms with Gasteiger partial charge in [-0.3, -0.25) is 0 Å². The fourth-order valence-electron chi connectivity index (χ4n) is 1.92. The van der Waals surface area contributed by atoms with E-state index in [0.29, 0.717) is 18.0 Å². The topological polar surface area (TPSA) is 49.4 Å². The van der Waals surface area contributed by atoms with Gasteiger partial charge in [0.05, 0.1) is 4.90 Å². The Labute approximate surface area is 116 Å². The van der Waals surface area contributed by atoms with E-state index in [1.165, 1.54) is 0 Å². The van der Waals surface area contributed by atoms with Gasteiger partial charge in [-0.25, -0.2) is 8.42 Å². The van der Waals surface area contributed by atoms with E-state index >= 15 is 0 Å². The number of sulfonamides is 1. The van der Waals surface area contributed by atoms with Crippen molar-refractivity contribution in [2.24, 2.45) is 0 Å². The molecule has 0 heterocycles. The summed E-state index contributed by atoms with van der Waals surface area (Å²) >= 11 is 0. The highest BCUT2D eigenvalue weighted by Gasteiger charge is 2.22. The average molecular weight is 284 g/mol. The average Bonchev–Trinajstić information content (AvgIpc) is 2.40. The Morgan fingerprint density at radius 1 is 1.16 bits per heavy atom. The van der Waals surface area contributed by atoms with E-state index in [4.69, 9.17) is 0 Å². The normalized spacial score (nSPS) is 12.0. The van der Waals surface area contributed by atoms with Crippen LogP contribution >= 0.6 is 0 Å². The molecule has 1 aromatic carbocycles. The summed E-state index contributed by atoms with van der Waals surface area (Å²) < 4.78 is 26.4. The number of unbranched alkanes of at least 4 members (excludes halogenated alkanes) is 1. The van der Waals surface area contributed by atoms with Crippen LogP contribution in [-0.2, 0) is 16.6 Å². The van der Waals surface area contributed by atoms with Crippen LogP contribution in [0.3, 0.4) is 0 Å². The number of hydrogen-bond donors (Lipinski definition) is 1. The van der Waals surface area contributed by atoms with Crippen molar-refractivity contribution in [1.82, 2.24) is 9.62 Å². The molecular weight excluding hydrogens is 260 g/mol. The minimum Gasteiger partial charge on any atom is -0.316 e. The number of rotatable bonds is 8. The predicted octanol–water partition coefficient (Wildman–Crippen LogP) is 2.22. The van der Waals surface area contributed by atoms with Gasteiger partial charge in [0.2, 0.25) is 10.0 Å². The molecule has 1 aromatic rings. The standard InChI is InChI=1S/C14H24N2O2S/c1-4-6-11-16(5-2)19(17,18)14-9-7-13(8-10-14)12-15-3/h7-10,15H,4-6,11-12H2,1-3H3. The van der Waals surface area contributed by atoms with E-state index in [1.54, 1.807) is 16.4 Å². The van der Waals surface area contributed by atoms with Crippen LogP contribution in [0, 0.1) is 0 Å². The molecule has 4 nitrogen and oxygen atoms in total. The monoisotopic (exact) mass is 284 g/mol. The van der Waals surface area contributed by atoms with Gasteiger partial charge in [-0.1, -0.05) is 32.4 Å². The molecule has 0 bridgehead atoms. The summed E-state index contributed by atoms with van der Waals surface area (Å²) in [6, 6.07) is 7.10. The Bertz CT molecular complexity index is 469. The SMILES string of the molecule is CCCCN(CC)S(=O)(=O)c1ccc(CNC)cc1. The highest BCUT2D eigenvalue weighted by molar-refractivity contribution is 7.89. The zero-order valence-electron chi connectivity index (χ0n) is 12.0. The second-order valence-corrected chi connectivity index (χ2v) is 6.46. The van der Waals surface area contributed by atoms with E-state index in [-0.39, 0.29) is 0 Å². The van der Waals surface area contributed by atoms with Gasteiger partial charge in [-0.15, -0.1) is 0 Å². The Morgan fingerprint density at radius 2 is 1.79 bits per heavy atom. The summed E-state index contributed by atoms with van der Waals surface area (Å²) in [7, 11) is -1.47. The Hall–Kier alpha value is -0.910. The predicted molar refractivity (Wildman–Crippen MR) is 78.5 cm³/mol. The number of hydrogen-bond acceptors (Lipinski definition) is 3. The first kappa shape index (κ1) is 16.1. The van der Waals surface area contributed by atoms with Gasteiger partial charge >= 0.3 is 0 Å². The zero-order chi connectivity index (χ0) is 14.3. The molecule has 108 valence electrons. The first-order chi connectivity index (χ1) is 9.06. The lowest BCUT2D eigenvalue weighted by molar-refractivity contribution is 0.419. The third-order valence-corrected chi connectivity index (χ3v) is 5.04. The Balaban J connectivity index is 2.91. The summed E-state index contributed by atoms with van der Waals surface area (Å²) in [5.74, 6) is 0. The molecule has 0 saturated heterocycles. The lowest BCUT2D eigenvalue weighted by Crippen LogP contribution is -2.31. The van der Waals surface area contributed by atoms with Gasteiger partial charge in [0, 0.05) is 19.6 Å². The second-order valence-electron chi connectivity index (χ2n) is 4.52. The molecule has 5 heteroatoms. The molecule has 19 heavy (non-hydrogen) atoms. The summed E-state index contributed by atoms with van der Waals surface area (Å²) in [5.41, 5.74) is 1.08. The van der Waals surface area contributed by atoms with E-state index in [9.17, 15) is 8.42 Å². The van der Waals surface area contributed by atoms with Crippen LogP contribution in [0.4, 0.5) is 0 Å². The highest BCUT2D eigenvalue weighted by atomic mass is 32.2. The van der Waals surface area contributed by atoms with E-state index < -0.39 is 10.0 Å². The molecule has 0 amide bonds. The molecule has 0 aliphatic carbocycles. The fraction of sp³-hybridized carbons (Fsp3) is 0.571. The molecule has 0 aromatic heterocycles. The van der Waals surface area contributed by atoms with E-state index in [0.717, 1.165) is 24.9 Å². The van der Waals surface area contributed by atoms with Gasteiger partial charge in [-0.2, -0.15) is 4.31 Å². The van der Waals surface area contributed by atoms with E-state index in [1.807, 2.05) is 26.1 Å². The molecule has 0 aliphatic rings. The number of nitrogens with zero attached hydrogens (tertiary/aromatic N) is 1. The highest BCUT2D eigenvalue weighted by Crippen LogP contribution is 2.17. The van der Waals surface area contributed by atoms with Crippen molar-refractivity contribution < 1.29 is 8.42 Å². The van der Waals surface area contributed by atoms with Crippen molar-refractivity contribution in [1.29, 1.82) is 0 Å². The maximum atomic E-state index is 12.4. The molecule has 0 unspecified atom stereocenters. The molecule has 0 aliphatic heterocycles. The van der Waals surface area contributed by atoms with Gasteiger partial charge < -0.3 is 5.32 Å². The summed E-state index contributed by atoms with van der Waals surface area (Å²) in [6.45, 7) is 5.79. The van der Waals surface area contributed by atoms with Crippen LogP contribution in [-0.4, -0.2) is 32.9 Å². The van der Waals surface area contributed by atoms with Crippen molar-refractivity contribution >= 4 is 10.0 Å². The molecule has 0 saturated carbocycles. The smallest absolute Gasteiger partial charge is 0.243 e. The first-order valence-electron chi connectivity index (χ1n) is 6.80. The molecular formula is C14H24N2O2S. The van der Waals surface area contributed by atoms with Crippen molar-refractivity contribution in [2.45, 2.75) is 38.1 Å². The van der Waals surface area contributed by atoms with Crippen molar-refractivity contribution in [3.05, 3.63) is 29.8 Å². The van der Waals surface area contributed by atoms with Crippen LogP contribution in [0.1, 0.15) is 32.3 Å². The maximum Gasteiger partial charge on any atom is 0.243 e. The number of benzene rings is 1. The van der Waals surface area contributed by atoms with Crippen molar-refractivity contribution in [2.75, 3.05) is 20.1 Å². The quantitative estimate of drug-likeness (QED) is 0.796. The Kier molecular flexibility index (Phi) is 6.48. The van der Waals surface area contributed by atoms with Crippen LogP contribution in [0.25, 0.3) is 0 Å². The van der Waals surface area contributed by atoms with Gasteiger partial charge in [0.15, 0.2) is 0 Å². The number of nitrogens with one attached hydrogen (secondary N) is 1. The van der Waals surface area contributed by atoms with E-state index in [2.05, 4.69) is 12.2 Å². The second kappa shape index (κ2) is 7.62. The largest absolute Gasteiger partial charge is 0.316 e. The first-order valence-corrected chi connectivity index (χ1v) is 8.24. The fourth-order valence-corrected chi connectivity index (χ4v) is 3.40. The molecule has 0 atom stereocenters. The lowest BCUT2D eigenvalue weighted by atomic mass is 10.2. The lowest BCUT2D eigenvalue weighted by Gasteiger charge is -2.20. The van der Waals surface area contributed by atoms with Crippen molar-refractivity contribution in [3.8, 4) is 0 Å². The maximum absolute atomic E-state index is 12.4.